The number of rotatable bonds is 6. The van der Waals surface area contributed by atoms with Crippen molar-refractivity contribution in [2.75, 3.05) is 13.7 Å². The molecule has 2 aromatic rings. The quantitative estimate of drug-likeness (QED) is 0.659. The Bertz CT molecular complexity index is 694. The van der Waals surface area contributed by atoms with Crippen LogP contribution in [-0.2, 0) is 4.79 Å². The summed E-state index contributed by atoms with van der Waals surface area (Å²) in [5, 5.41) is 3.90. The molecule has 0 aliphatic heterocycles. The number of amides is 1. The van der Waals surface area contributed by atoms with E-state index in [-0.39, 0.29) is 12.5 Å². The summed E-state index contributed by atoms with van der Waals surface area (Å²) in [7, 11) is 1.61. The highest BCUT2D eigenvalue weighted by atomic mass is 16.5. The average Bonchev–Trinajstić information content (AvgIpc) is 2.54. The van der Waals surface area contributed by atoms with Crippen LogP contribution in [0.5, 0.6) is 11.5 Å². The van der Waals surface area contributed by atoms with Crippen LogP contribution in [0.1, 0.15) is 16.7 Å². The molecule has 0 aliphatic rings. The lowest BCUT2D eigenvalue weighted by molar-refractivity contribution is -0.123. The lowest BCUT2D eigenvalue weighted by Crippen LogP contribution is -2.24. The summed E-state index contributed by atoms with van der Waals surface area (Å²) in [6.07, 6.45) is 1.56. The van der Waals surface area contributed by atoms with Gasteiger partial charge in [0.1, 0.15) is 11.5 Å². The summed E-state index contributed by atoms with van der Waals surface area (Å²) in [6.45, 7) is 3.88. The molecule has 0 atom stereocenters. The van der Waals surface area contributed by atoms with Gasteiger partial charge in [-0.3, -0.25) is 4.79 Å². The molecule has 0 unspecified atom stereocenters. The van der Waals surface area contributed by atoms with Crippen LogP contribution in [-0.4, -0.2) is 25.8 Å². The van der Waals surface area contributed by atoms with E-state index in [4.69, 9.17) is 9.47 Å². The molecule has 0 spiro atoms. The van der Waals surface area contributed by atoms with Crippen molar-refractivity contribution in [1.29, 1.82) is 0 Å². The second-order valence-electron chi connectivity index (χ2n) is 5.12. The van der Waals surface area contributed by atoms with Gasteiger partial charge < -0.3 is 9.47 Å². The maximum atomic E-state index is 11.7. The van der Waals surface area contributed by atoms with E-state index in [0.717, 1.165) is 22.4 Å². The van der Waals surface area contributed by atoms with Crippen LogP contribution in [0.2, 0.25) is 0 Å². The largest absolute Gasteiger partial charge is 0.497 e. The fourth-order valence-corrected chi connectivity index (χ4v) is 2.01. The van der Waals surface area contributed by atoms with Gasteiger partial charge in [-0.05, 0) is 55.3 Å². The predicted molar refractivity (Wildman–Crippen MR) is 90.1 cm³/mol. The Labute approximate surface area is 135 Å². The molecular formula is C18H20N2O3. The van der Waals surface area contributed by atoms with E-state index in [1.54, 1.807) is 13.3 Å². The number of carbonyl (C=O) groups is 1. The molecule has 0 saturated carbocycles. The minimum atomic E-state index is -0.310. The molecule has 0 fully saturated rings. The molecular weight excluding hydrogens is 292 g/mol. The molecule has 5 heteroatoms. The summed E-state index contributed by atoms with van der Waals surface area (Å²) in [6, 6.07) is 13.2. The number of hydrogen-bond donors (Lipinski definition) is 1. The van der Waals surface area contributed by atoms with Gasteiger partial charge in [0.25, 0.3) is 5.91 Å². The smallest absolute Gasteiger partial charge is 0.277 e. The third-order valence-corrected chi connectivity index (χ3v) is 3.21. The molecule has 2 aromatic carbocycles. The lowest BCUT2D eigenvalue weighted by Gasteiger charge is -2.08. The molecule has 0 aromatic heterocycles. The van der Waals surface area contributed by atoms with Gasteiger partial charge >= 0.3 is 0 Å². The van der Waals surface area contributed by atoms with E-state index >= 15 is 0 Å². The van der Waals surface area contributed by atoms with Crippen molar-refractivity contribution in [3.63, 3.8) is 0 Å². The van der Waals surface area contributed by atoms with Gasteiger partial charge in [-0.2, -0.15) is 5.10 Å². The molecule has 0 saturated heterocycles. The van der Waals surface area contributed by atoms with Crippen molar-refractivity contribution < 1.29 is 14.3 Å². The van der Waals surface area contributed by atoms with Crippen LogP contribution < -0.4 is 14.9 Å². The number of hydrazone groups is 1. The molecule has 1 amide bonds. The van der Waals surface area contributed by atoms with Crippen LogP contribution in [0.4, 0.5) is 0 Å². The zero-order valence-corrected chi connectivity index (χ0v) is 13.5. The van der Waals surface area contributed by atoms with E-state index in [1.807, 2.05) is 56.3 Å². The molecule has 2 rings (SSSR count). The fourth-order valence-electron chi connectivity index (χ4n) is 2.01. The molecule has 0 radical (unpaired) electrons. The summed E-state index contributed by atoms with van der Waals surface area (Å²) in [4.78, 5) is 11.7. The minimum Gasteiger partial charge on any atom is -0.497 e. The third-order valence-electron chi connectivity index (χ3n) is 3.21. The van der Waals surface area contributed by atoms with Crippen LogP contribution in [0.3, 0.4) is 0 Å². The highest BCUT2D eigenvalue weighted by Crippen LogP contribution is 2.18. The Morgan fingerprint density at radius 2 is 1.91 bits per heavy atom. The highest BCUT2D eigenvalue weighted by molar-refractivity contribution is 5.83. The topological polar surface area (TPSA) is 59.9 Å². The number of nitrogens with zero attached hydrogens (tertiary/aromatic N) is 1. The number of ether oxygens (including phenoxy) is 2. The lowest BCUT2D eigenvalue weighted by atomic mass is 10.1. The highest BCUT2D eigenvalue weighted by Gasteiger charge is 2.04. The second-order valence-corrected chi connectivity index (χ2v) is 5.12. The van der Waals surface area contributed by atoms with E-state index in [2.05, 4.69) is 10.5 Å². The molecule has 23 heavy (non-hydrogen) atoms. The van der Waals surface area contributed by atoms with Crippen LogP contribution >= 0.6 is 0 Å². The molecule has 120 valence electrons. The Kier molecular flexibility index (Phi) is 5.74. The molecule has 0 heterocycles. The van der Waals surface area contributed by atoms with Gasteiger partial charge in [0.05, 0.1) is 13.3 Å². The van der Waals surface area contributed by atoms with Crippen molar-refractivity contribution in [1.82, 2.24) is 5.43 Å². The molecule has 1 N–H and O–H groups in total. The summed E-state index contributed by atoms with van der Waals surface area (Å²) in [5.74, 6) is 1.16. The first-order valence-corrected chi connectivity index (χ1v) is 7.24. The normalized spacial score (nSPS) is 10.6. The van der Waals surface area contributed by atoms with Crippen LogP contribution in [0.15, 0.2) is 47.6 Å². The van der Waals surface area contributed by atoms with Crippen molar-refractivity contribution in [2.24, 2.45) is 5.10 Å². The standard InChI is InChI=1S/C18H20N2O3/c1-13-4-9-17(14(2)10-13)23-12-18(21)20-19-11-15-5-7-16(22-3)8-6-15/h4-11H,12H2,1-3H3,(H,20,21). The number of aryl methyl sites for hydroxylation is 2. The van der Waals surface area contributed by atoms with Crippen molar-refractivity contribution in [3.8, 4) is 11.5 Å². The van der Waals surface area contributed by atoms with E-state index < -0.39 is 0 Å². The van der Waals surface area contributed by atoms with Gasteiger partial charge in [0.15, 0.2) is 6.61 Å². The summed E-state index contributed by atoms with van der Waals surface area (Å²) in [5.41, 5.74) is 5.45. The average molecular weight is 312 g/mol. The number of hydrogen-bond acceptors (Lipinski definition) is 4. The number of carbonyl (C=O) groups excluding carboxylic acids is 1. The van der Waals surface area contributed by atoms with E-state index in [1.165, 1.54) is 0 Å². The first kappa shape index (κ1) is 16.5. The summed E-state index contributed by atoms with van der Waals surface area (Å²) < 4.78 is 10.6. The number of benzene rings is 2. The van der Waals surface area contributed by atoms with Gasteiger partial charge in [-0.15, -0.1) is 0 Å². The predicted octanol–water partition coefficient (Wildman–Crippen LogP) is 2.84. The molecule has 5 nitrogen and oxygen atoms in total. The van der Waals surface area contributed by atoms with Gasteiger partial charge in [-0.25, -0.2) is 5.43 Å². The van der Waals surface area contributed by atoms with Gasteiger partial charge in [0.2, 0.25) is 0 Å². The number of nitrogens with one attached hydrogen (secondary N) is 1. The van der Waals surface area contributed by atoms with Gasteiger partial charge in [0, 0.05) is 0 Å². The van der Waals surface area contributed by atoms with Crippen molar-refractivity contribution in [3.05, 3.63) is 59.2 Å². The first-order valence-electron chi connectivity index (χ1n) is 7.24. The Morgan fingerprint density at radius 3 is 2.57 bits per heavy atom. The first-order chi connectivity index (χ1) is 11.1. The van der Waals surface area contributed by atoms with Gasteiger partial charge in [-0.1, -0.05) is 17.7 Å². The zero-order chi connectivity index (χ0) is 16.7. The minimum absolute atomic E-state index is 0.0795. The maximum Gasteiger partial charge on any atom is 0.277 e. The Morgan fingerprint density at radius 1 is 1.17 bits per heavy atom. The molecule has 0 aliphatic carbocycles. The summed E-state index contributed by atoms with van der Waals surface area (Å²) >= 11 is 0. The van der Waals surface area contributed by atoms with Crippen molar-refractivity contribution >= 4 is 12.1 Å². The number of methoxy groups -OCH3 is 1. The zero-order valence-electron chi connectivity index (χ0n) is 13.5. The van der Waals surface area contributed by atoms with Crippen molar-refractivity contribution in [2.45, 2.75) is 13.8 Å². The Hall–Kier alpha value is -2.82. The van der Waals surface area contributed by atoms with Crippen LogP contribution in [0.25, 0.3) is 0 Å². The second kappa shape index (κ2) is 7.98. The third kappa shape index (κ3) is 5.14. The van der Waals surface area contributed by atoms with E-state index in [0.29, 0.717) is 5.75 Å². The Balaban J connectivity index is 1.81. The molecule has 0 bridgehead atoms. The fraction of sp³-hybridized carbons (Fsp3) is 0.222. The van der Waals surface area contributed by atoms with E-state index in [9.17, 15) is 4.79 Å². The monoisotopic (exact) mass is 312 g/mol. The SMILES string of the molecule is COc1ccc(C=NNC(=O)COc2ccc(C)cc2C)cc1. The van der Waals surface area contributed by atoms with Crippen LogP contribution in [0, 0.1) is 13.8 Å². The maximum absolute atomic E-state index is 11.7.